The Bertz CT molecular complexity index is 404. The molecule has 1 aromatic rings. The highest BCUT2D eigenvalue weighted by molar-refractivity contribution is 5.78. The van der Waals surface area contributed by atoms with Crippen molar-refractivity contribution in [3.8, 4) is 5.75 Å². The third-order valence-corrected chi connectivity index (χ3v) is 3.34. The molecule has 0 saturated carbocycles. The van der Waals surface area contributed by atoms with Crippen LogP contribution in [-0.4, -0.2) is 29.9 Å². The molecule has 0 amide bonds. The van der Waals surface area contributed by atoms with Gasteiger partial charge in [0, 0.05) is 12.8 Å². The van der Waals surface area contributed by atoms with Crippen molar-refractivity contribution >= 4 is 5.97 Å². The fourth-order valence-corrected chi connectivity index (χ4v) is 2.08. The monoisotopic (exact) mass is 250 g/mol. The summed E-state index contributed by atoms with van der Waals surface area (Å²) in [6.45, 7) is 2.94. The molecule has 0 aliphatic carbocycles. The van der Waals surface area contributed by atoms with Crippen LogP contribution in [0.15, 0.2) is 24.3 Å². The Hall–Kier alpha value is -1.55. The Labute approximate surface area is 107 Å². The van der Waals surface area contributed by atoms with E-state index >= 15 is 0 Å². The van der Waals surface area contributed by atoms with Crippen molar-refractivity contribution in [2.75, 3.05) is 13.2 Å². The van der Waals surface area contributed by atoms with Crippen molar-refractivity contribution in [2.24, 2.45) is 0 Å². The first-order valence-electron chi connectivity index (χ1n) is 6.25. The first-order chi connectivity index (χ1) is 8.66. The van der Waals surface area contributed by atoms with Crippen molar-refractivity contribution in [1.82, 2.24) is 0 Å². The minimum absolute atomic E-state index is 0.387. The molecular weight excluding hydrogens is 232 g/mol. The lowest BCUT2D eigenvalue weighted by molar-refractivity contribution is -0.163. The number of rotatable bonds is 4. The molecule has 0 atom stereocenters. The van der Waals surface area contributed by atoms with E-state index in [0.29, 0.717) is 31.8 Å². The third kappa shape index (κ3) is 2.64. The Morgan fingerprint density at radius 3 is 2.44 bits per heavy atom. The zero-order valence-corrected chi connectivity index (χ0v) is 10.5. The highest BCUT2D eigenvalue weighted by Gasteiger charge is 2.42. The summed E-state index contributed by atoms with van der Waals surface area (Å²) >= 11 is 0. The molecule has 1 N–H and O–H groups in total. The van der Waals surface area contributed by atoms with Crippen LogP contribution in [-0.2, 0) is 16.0 Å². The maximum Gasteiger partial charge on any atom is 0.348 e. The molecule has 0 radical (unpaired) electrons. The van der Waals surface area contributed by atoms with Crippen molar-refractivity contribution in [2.45, 2.75) is 31.8 Å². The van der Waals surface area contributed by atoms with Gasteiger partial charge in [0.25, 0.3) is 0 Å². The van der Waals surface area contributed by atoms with E-state index in [1.807, 2.05) is 24.3 Å². The highest BCUT2D eigenvalue weighted by Crippen LogP contribution is 2.28. The second-order valence-electron chi connectivity index (χ2n) is 4.51. The second kappa shape index (κ2) is 5.40. The van der Waals surface area contributed by atoms with Gasteiger partial charge in [0.1, 0.15) is 5.75 Å². The van der Waals surface area contributed by atoms with Crippen LogP contribution < -0.4 is 4.74 Å². The normalized spacial score (nSPS) is 18.3. The molecular formula is C14H18O4. The van der Waals surface area contributed by atoms with Crippen LogP contribution in [0.5, 0.6) is 5.75 Å². The van der Waals surface area contributed by atoms with Crippen LogP contribution in [0, 0.1) is 0 Å². The molecule has 1 heterocycles. The summed E-state index contributed by atoms with van der Waals surface area (Å²) in [5.41, 5.74) is 0.0742. The predicted molar refractivity (Wildman–Crippen MR) is 66.9 cm³/mol. The summed E-state index contributed by atoms with van der Waals surface area (Å²) in [5, 5.41) is 9.37. The topological polar surface area (TPSA) is 55.8 Å². The van der Waals surface area contributed by atoms with Gasteiger partial charge in [-0.05, 0) is 24.1 Å². The molecule has 4 heteroatoms. The lowest BCUT2D eigenvalue weighted by atomic mass is 9.94. The standard InChI is InChI=1S/C14H18O4/c1-2-11-3-5-12(6-4-11)18-14(13(15)16)7-9-17-10-8-14/h3-6H,2,7-10H2,1H3,(H,15,16). The second-order valence-corrected chi connectivity index (χ2v) is 4.51. The highest BCUT2D eigenvalue weighted by atomic mass is 16.5. The fourth-order valence-electron chi connectivity index (χ4n) is 2.08. The van der Waals surface area contributed by atoms with E-state index in [2.05, 4.69) is 6.92 Å². The molecule has 0 spiro atoms. The summed E-state index contributed by atoms with van der Waals surface area (Å²) in [6, 6.07) is 7.59. The maximum atomic E-state index is 11.4. The first kappa shape index (κ1) is 12.9. The molecule has 1 aliphatic heterocycles. The van der Waals surface area contributed by atoms with Gasteiger partial charge >= 0.3 is 5.97 Å². The number of hydrogen-bond donors (Lipinski definition) is 1. The number of carboxylic acids is 1. The van der Waals surface area contributed by atoms with Crippen molar-refractivity contribution in [3.63, 3.8) is 0 Å². The Morgan fingerprint density at radius 1 is 1.33 bits per heavy atom. The van der Waals surface area contributed by atoms with Crippen molar-refractivity contribution in [1.29, 1.82) is 0 Å². The van der Waals surface area contributed by atoms with Gasteiger partial charge in [-0.2, -0.15) is 0 Å². The van der Waals surface area contributed by atoms with Crippen LogP contribution in [0.25, 0.3) is 0 Å². The fraction of sp³-hybridized carbons (Fsp3) is 0.500. The summed E-state index contributed by atoms with van der Waals surface area (Å²) in [5.74, 6) is -0.304. The van der Waals surface area contributed by atoms with Crippen LogP contribution in [0.2, 0.25) is 0 Å². The SMILES string of the molecule is CCc1ccc(OC2(C(=O)O)CCOCC2)cc1. The number of hydrogen-bond acceptors (Lipinski definition) is 3. The average molecular weight is 250 g/mol. The van der Waals surface area contributed by atoms with E-state index in [4.69, 9.17) is 9.47 Å². The van der Waals surface area contributed by atoms with Gasteiger partial charge in [0.15, 0.2) is 0 Å². The Balaban J connectivity index is 2.15. The van der Waals surface area contributed by atoms with Gasteiger partial charge in [0.2, 0.25) is 5.60 Å². The number of ether oxygens (including phenoxy) is 2. The summed E-state index contributed by atoms with van der Waals surface area (Å²) < 4.78 is 10.9. The van der Waals surface area contributed by atoms with Gasteiger partial charge in [-0.3, -0.25) is 0 Å². The van der Waals surface area contributed by atoms with E-state index in [0.717, 1.165) is 6.42 Å². The van der Waals surface area contributed by atoms with E-state index in [-0.39, 0.29) is 0 Å². The van der Waals surface area contributed by atoms with Gasteiger partial charge in [-0.15, -0.1) is 0 Å². The molecule has 0 unspecified atom stereocenters. The van der Waals surface area contributed by atoms with Gasteiger partial charge in [-0.25, -0.2) is 4.79 Å². The summed E-state index contributed by atoms with van der Waals surface area (Å²) in [6.07, 6.45) is 1.73. The minimum Gasteiger partial charge on any atom is -0.478 e. The average Bonchev–Trinajstić information content (AvgIpc) is 2.40. The van der Waals surface area contributed by atoms with E-state index < -0.39 is 11.6 Å². The number of carbonyl (C=O) groups is 1. The smallest absolute Gasteiger partial charge is 0.348 e. The molecule has 0 aromatic heterocycles. The number of benzene rings is 1. The van der Waals surface area contributed by atoms with E-state index in [1.54, 1.807) is 0 Å². The van der Waals surface area contributed by atoms with Crippen LogP contribution >= 0.6 is 0 Å². The lowest BCUT2D eigenvalue weighted by Gasteiger charge is -2.33. The van der Waals surface area contributed by atoms with Gasteiger partial charge in [0.05, 0.1) is 13.2 Å². The molecule has 4 nitrogen and oxygen atoms in total. The maximum absolute atomic E-state index is 11.4. The third-order valence-electron chi connectivity index (χ3n) is 3.34. The summed E-state index contributed by atoms with van der Waals surface area (Å²) in [4.78, 5) is 11.4. The van der Waals surface area contributed by atoms with E-state index in [1.165, 1.54) is 5.56 Å². The number of aryl methyl sites for hydroxylation is 1. The molecule has 1 fully saturated rings. The zero-order valence-electron chi connectivity index (χ0n) is 10.5. The molecule has 1 aromatic carbocycles. The molecule has 18 heavy (non-hydrogen) atoms. The van der Waals surface area contributed by atoms with Crippen molar-refractivity contribution in [3.05, 3.63) is 29.8 Å². The van der Waals surface area contributed by atoms with Crippen molar-refractivity contribution < 1.29 is 19.4 Å². The molecule has 98 valence electrons. The first-order valence-corrected chi connectivity index (χ1v) is 6.25. The molecule has 0 bridgehead atoms. The Kier molecular flexibility index (Phi) is 3.87. The number of aliphatic carboxylic acids is 1. The van der Waals surface area contributed by atoms with Gasteiger partial charge < -0.3 is 14.6 Å². The molecule has 2 rings (SSSR count). The number of carboxylic acid groups (broad SMARTS) is 1. The lowest BCUT2D eigenvalue weighted by Crippen LogP contribution is -2.49. The van der Waals surface area contributed by atoms with Crippen LogP contribution in [0.3, 0.4) is 0 Å². The quantitative estimate of drug-likeness (QED) is 0.890. The summed E-state index contributed by atoms with van der Waals surface area (Å²) in [7, 11) is 0. The van der Waals surface area contributed by atoms with Gasteiger partial charge in [-0.1, -0.05) is 19.1 Å². The molecule has 1 aliphatic rings. The van der Waals surface area contributed by atoms with Crippen LogP contribution in [0.4, 0.5) is 0 Å². The predicted octanol–water partition coefficient (Wildman–Crippen LogP) is 2.26. The molecule has 1 saturated heterocycles. The zero-order chi connectivity index (χ0) is 13.0. The largest absolute Gasteiger partial charge is 0.478 e. The minimum atomic E-state index is -1.13. The van der Waals surface area contributed by atoms with E-state index in [9.17, 15) is 9.90 Å². The van der Waals surface area contributed by atoms with Crippen LogP contribution in [0.1, 0.15) is 25.3 Å². The Morgan fingerprint density at radius 2 is 1.94 bits per heavy atom.